The predicted molar refractivity (Wildman–Crippen MR) is 70.1 cm³/mol. The maximum Gasteiger partial charge on any atom is 0.226 e. The average Bonchev–Trinajstić information content (AvgIpc) is 2.82. The highest BCUT2D eigenvalue weighted by atomic mass is 16.1. The molecule has 3 heteroatoms. The molecule has 1 aliphatic heterocycles. The fraction of sp³-hybridized carbons (Fsp3) is 0.500. The Hall–Kier alpha value is -1.35. The minimum absolute atomic E-state index is 0.0202. The Bertz CT molecular complexity index is 395. The second-order valence-corrected chi connectivity index (χ2v) is 4.96. The Labute approximate surface area is 103 Å². The third kappa shape index (κ3) is 3.07. The molecule has 3 nitrogen and oxygen atoms in total. The third-order valence-corrected chi connectivity index (χ3v) is 3.21. The molecule has 0 radical (unpaired) electrons. The van der Waals surface area contributed by atoms with Gasteiger partial charge in [-0.3, -0.25) is 4.79 Å². The van der Waals surface area contributed by atoms with Gasteiger partial charge in [-0.25, -0.2) is 0 Å². The van der Waals surface area contributed by atoms with E-state index in [9.17, 15) is 4.79 Å². The van der Waals surface area contributed by atoms with Gasteiger partial charge in [-0.15, -0.1) is 0 Å². The van der Waals surface area contributed by atoms with E-state index in [1.807, 2.05) is 26.0 Å². The number of hydrogen-bond acceptors (Lipinski definition) is 2. The van der Waals surface area contributed by atoms with E-state index in [-0.39, 0.29) is 11.8 Å². The van der Waals surface area contributed by atoms with Gasteiger partial charge in [0.15, 0.2) is 0 Å². The summed E-state index contributed by atoms with van der Waals surface area (Å²) in [5.74, 6) is 0.685. The first kappa shape index (κ1) is 12.1. The lowest BCUT2D eigenvalue weighted by atomic mass is 9.98. The average molecular weight is 232 g/mol. The van der Waals surface area contributed by atoms with E-state index in [2.05, 4.69) is 22.8 Å². The zero-order chi connectivity index (χ0) is 12.3. The van der Waals surface area contributed by atoms with Gasteiger partial charge in [-0.2, -0.15) is 0 Å². The topological polar surface area (TPSA) is 41.1 Å². The smallest absolute Gasteiger partial charge is 0.226 e. The molecule has 0 aromatic heterocycles. The van der Waals surface area contributed by atoms with Crippen molar-refractivity contribution in [2.24, 2.45) is 5.92 Å². The molecule has 92 valence electrons. The van der Waals surface area contributed by atoms with Crippen LogP contribution in [-0.4, -0.2) is 19.0 Å². The van der Waals surface area contributed by atoms with Gasteiger partial charge >= 0.3 is 0 Å². The Morgan fingerprint density at radius 3 is 2.94 bits per heavy atom. The van der Waals surface area contributed by atoms with Crippen molar-refractivity contribution in [2.45, 2.75) is 26.2 Å². The number of anilines is 1. The van der Waals surface area contributed by atoms with Gasteiger partial charge in [0.2, 0.25) is 5.91 Å². The maximum absolute atomic E-state index is 11.6. The van der Waals surface area contributed by atoms with Crippen LogP contribution >= 0.6 is 0 Å². The van der Waals surface area contributed by atoms with Gasteiger partial charge < -0.3 is 10.6 Å². The lowest BCUT2D eigenvalue weighted by molar-refractivity contribution is -0.118. The first-order valence-electron chi connectivity index (χ1n) is 6.28. The van der Waals surface area contributed by atoms with Crippen LogP contribution in [-0.2, 0) is 4.79 Å². The van der Waals surface area contributed by atoms with E-state index < -0.39 is 0 Å². The molecule has 2 N–H and O–H groups in total. The summed E-state index contributed by atoms with van der Waals surface area (Å²) in [6, 6.07) is 8.20. The summed E-state index contributed by atoms with van der Waals surface area (Å²) in [4.78, 5) is 11.6. The number of carbonyl (C=O) groups is 1. The summed E-state index contributed by atoms with van der Waals surface area (Å²) in [7, 11) is 0. The number of benzene rings is 1. The Morgan fingerprint density at radius 2 is 2.29 bits per heavy atom. The summed E-state index contributed by atoms with van der Waals surface area (Å²) < 4.78 is 0. The Balaban J connectivity index is 2.08. The lowest BCUT2D eigenvalue weighted by Gasteiger charge is -2.12. The molecule has 1 heterocycles. The van der Waals surface area contributed by atoms with E-state index in [1.165, 1.54) is 12.0 Å². The molecule has 1 fully saturated rings. The fourth-order valence-corrected chi connectivity index (χ4v) is 2.10. The largest absolute Gasteiger partial charge is 0.326 e. The minimum Gasteiger partial charge on any atom is -0.326 e. The first-order valence-corrected chi connectivity index (χ1v) is 6.28. The highest BCUT2D eigenvalue weighted by Gasteiger charge is 2.17. The molecule has 1 saturated heterocycles. The fourth-order valence-electron chi connectivity index (χ4n) is 2.10. The molecule has 0 bridgehead atoms. The lowest BCUT2D eigenvalue weighted by Crippen LogP contribution is -2.17. The zero-order valence-electron chi connectivity index (χ0n) is 10.5. The minimum atomic E-state index is 0.0202. The molecule has 0 spiro atoms. The highest BCUT2D eigenvalue weighted by Crippen LogP contribution is 2.24. The van der Waals surface area contributed by atoms with Crippen molar-refractivity contribution in [3.63, 3.8) is 0 Å². The van der Waals surface area contributed by atoms with Crippen molar-refractivity contribution in [2.75, 3.05) is 18.4 Å². The monoisotopic (exact) mass is 232 g/mol. The quantitative estimate of drug-likeness (QED) is 0.840. The molecule has 1 aromatic carbocycles. The second kappa shape index (κ2) is 5.32. The Kier molecular flexibility index (Phi) is 3.79. The number of carbonyl (C=O) groups excluding carboxylic acids is 1. The van der Waals surface area contributed by atoms with E-state index in [0.29, 0.717) is 5.92 Å². The Morgan fingerprint density at radius 1 is 1.47 bits per heavy atom. The van der Waals surface area contributed by atoms with Crippen LogP contribution in [0.25, 0.3) is 0 Å². The van der Waals surface area contributed by atoms with Crippen molar-refractivity contribution < 1.29 is 4.79 Å². The molecule has 17 heavy (non-hydrogen) atoms. The number of nitrogens with one attached hydrogen (secondary N) is 2. The summed E-state index contributed by atoms with van der Waals surface area (Å²) in [5, 5.41) is 6.31. The van der Waals surface area contributed by atoms with Crippen LogP contribution in [0, 0.1) is 5.92 Å². The van der Waals surface area contributed by atoms with Gasteiger partial charge in [0.25, 0.3) is 0 Å². The van der Waals surface area contributed by atoms with Crippen LogP contribution in [0.2, 0.25) is 0 Å². The van der Waals surface area contributed by atoms with Crippen LogP contribution in [0.1, 0.15) is 31.7 Å². The van der Waals surface area contributed by atoms with Gasteiger partial charge in [-0.1, -0.05) is 26.0 Å². The van der Waals surface area contributed by atoms with Gasteiger partial charge in [0.1, 0.15) is 0 Å². The standard InChI is InChI=1S/C14H20N2O/c1-10(2)14(17)16-13-5-3-4-11(8-13)12-6-7-15-9-12/h3-5,8,10,12,15H,6-7,9H2,1-2H3,(H,16,17). The highest BCUT2D eigenvalue weighted by molar-refractivity contribution is 5.92. The van der Waals surface area contributed by atoms with Crippen molar-refractivity contribution in [1.29, 1.82) is 0 Å². The third-order valence-electron chi connectivity index (χ3n) is 3.21. The van der Waals surface area contributed by atoms with Crippen LogP contribution in [0.4, 0.5) is 5.69 Å². The molecule has 1 unspecified atom stereocenters. The molecule has 1 aliphatic rings. The van der Waals surface area contributed by atoms with Crippen molar-refractivity contribution in [1.82, 2.24) is 5.32 Å². The SMILES string of the molecule is CC(C)C(=O)Nc1cccc(C2CCNC2)c1. The van der Waals surface area contributed by atoms with Crippen molar-refractivity contribution in [3.05, 3.63) is 29.8 Å². The summed E-state index contributed by atoms with van der Waals surface area (Å²) in [6.45, 7) is 5.94. The van der Waals surface area contributed by atoms with E-state index in [1.54, 1.807) is 0 Å². The number of rotatable bonds is 3. The number of amides is 1. The molecule has 2 rings (SSSR count). The molecule has 1 aromatic rings. The molecule has 1 amide bonds. The van der Waals surface area contributed by atoms with Gasteiger partial charge in [-0.05, 0) is 36.6 Å². The number of hydrogen-bond donors (Lipinski definition) is 2. The van der Waals surface area contributed by atoms with Crippen molar-refractivity contribution in [3.8, 4) is 0 Å². The molecule has 1 atom stereocenters. The van der Waals surface area contributed by atoms with Crippen LogP contribution < -0.4 is 10.6 Å². The first-order chi connectivity index (χ1) is 8.16. The predicted octanol–water partition coefficient (Wildman–Crippen LogP) is 2.36. The molecular weight excluding hydrogens is 212 g/mol. The zero-order valence-corrected chi connectivity index (χ0v) is 10.5. The summed E-state index contributed by atoms with van der Waals surface area (Å²) >= 11 is 0. The van der Waals surface area contributed by atoms with Crippen molar-refractivity contribution >= 4 is 11.6 Å². The van der Waals surface area contributed by atoms with Gasteiger partial charge in [0, 0.05) is 18.2 Å². The second-order valence-electron chi connectivity index (χ2n) is 4.96. The van der Waals surface area contributed by atoms with Crippen LogP contribution in [0.3, 0.4) is 0 Å². The van der Waals surface area contributed by atoms with E-state index >= 15 is 0 Å². The maximum atomic E-state index is 11.6. The normalized spacial score (nSPS) is 19.6. The van der Waals surface area contributed by atoms with Gasteiger partial charge in [0.05, 0.1) is 0 Å². The van der Waals surface area contributed by atoms with E-state index in [4.69, 9.17) is 0 Å². The molecule has 0 saturated carbocycles. The van der Waals surface area contributed by atoms with E-state index in [0.717, 1.165) is 18.8 Å². The van der Waals surface area contributed by atoms with Crippen LogP contribution in [0.5, 0.6) is 0 Å². The molecule has 0 aliphatic carbocycles. The summed E-state index contributed by atoms with van der Waals surface area (Å²) in [5.41, 5.74) is 2.23. The van der Waals surface area contributed by atoms with Crippen LogP contribution in [0.15, 0.2) is 24.3 Å². The summed E-state index contributed by atoms with van der Waals surface area (Å²) in [6.07, 6.45) is 1.18. The molecular formula is C14H20N2O.